The van der Waals surface area contributed by atoms with Gasteiger partial charge in [0.1, 0.15) is 0 Å². The van der Waals surface area contributed by atoms with Crippen LogP contribution in [0.1, 0.15) is 29.3 Å². The minimum atomic E-state index is 0.347. The molecule has 0 radical (unpaired) electrons. The third-order valence-electron chi connectivity index (χ3n) is 2.11. The fourth-order valence-electron chi connectivity index (χ4n) is 1.36. The lowest BCUT2D eigenvalue weighted by molar-refractivity contribution is 0.564. The van der Waals surface area contributed by atoms with E-state index in [1.807, 2.05) is 7.05 Å². The van der Waals surface area contributed by atoms with Gasteiger partial charge in [-0.1, -0.05) is 0 Å². The molecule has 0 aromatic carbocycles. The number of aryl methyl sites for hydroxylation is 1. The topological polar surface area (TPSA) is 35.8 Å². The van der Waals surface area contributed by atoms with Gasteiger partial charge in [-0.05, 0) is 37.4 Å². The lowest BCUT2D eigenvalue weighted by Crippen LogP contribution is -2.15. The number of rotatable bonds is 4. The van der Waals surface area contributed by atoms with Crippen molar-refractivity contribution in [2.75, 3.05) is 7.05 Å². The Morgan fingerprint density at radius 1 is 1.69 bits per heavy atom. The van der Waals surface area contributed by atoms with Crippen LogP contribution in [-0.2, 0) is 0 Å². The Balaban J connectivity index is 2.68. The van der Waals surface area contributed by atoms with Crippen molar-refractivity contribution >= 4 is 11.3 Å². The van der Waals surface area contributed by atoms with E-state index in [1.165, 1.54) is 10.4 Å². The molecule has 1 aromatic heterocycles. The molecule has 1 rings (SSSR count). The monoisotopic (exact) mass is 194 g/mol. The first-order valence-electron chi connectivity index (χ1n) is 4.37. The minimum Gasteiger partial charge on any atom is -0.312 e. The van der Waals surface area contributed by atoms with Gasteiger partial charge in [0, 0.05) is 17.3 Å². The van der Waals surface area contributed by atoms with Crippen LogP contribution in [0.5, 0.6) is 0 Å². The molecule has 13 heavy (non-hydrogen) atoms. The number of thiophene rings is 1. The van der Waals surface area contributed by atoms with Crippen LogP contribution >= 0.6 is 11.3 Å². The summed E-state index contributed by atoms with van der Waals surface area (Å²) in [5.41, 5.74) is 1.32. The predicted octanol–water partition coefficient (Wildman–Crippen LogP) is 2.62. The summed E-state index contributed by atoms with van der Waals surface area (Å²) in [6.07, 6.45) is 1.51. The van der Waals surface area contributed by atoms with Crippen molar-refractivity contribution in [3.63, 3.8) is 0 Å². The molecule has 1 aromatic rings. The summed E-state index contributed by atoms with van der Waals surface area (Å²) in [5.74, 6) is 0. The molecule has 0 saturated heterocycles. The molecule has 0 spiro atoms. The van der Waals surface area contributed by atoms with Crippen LogP contribution in [0.2, 0.25) is 0 Å². The molecule has 0 fully saturated rings. The summed E-state index contributed by atoms with van der Waals surface area (Å²) >= 11 is 1.76. The number of hydrogen-bond donors (Lipinski definition) is 1. The van der Waals surface area contributed by atoms with Crippen LogP contribution in [0.25, 0.3) is 0 Å². The zero-order valence-electron chi connectivity index (χ0n) is 8.00. The van der Waals surface area contributed by atoms with Crippen LogP contribution in [0.15, 0.2) is 11.4 Å². The van der Waals surface area contributed by atoms with Crippen LogP contribution in [0.4, 0.5) is 0 Å². The van der Waals surface area contributed by atoms with E-state index in [0.29, 0.717) is 12.5 Å². The maximum Gasteiger partial charge on any atom is 0.0622 e. The standard InChI is InChI=1S/C10H14N2S/c1-8-5-7-13-10(8)9(12-2)4-3-6-11/h5,7,9,12H,3-4H2,1-2H3. The van der Waals surface area contributed by atoms with Crippen molar-refractivity contribution < 1.29 is 0 Å². The molecule has 3 heteroatoms. The van der Waals surface area contributed by atoms with Gasteiger partial charge < -0.3 is 5.32 Å². The molecule has 1 heterocycles. The zero-order valence-corrected chi connectivity index (χ0v) is 8.82. The largest absolute Gasteiger partial charge is 0.312 e. The molecule has 0 amide bonds. The maximum absolute atomic E-state index is 8.50. The summed E-state index contributed by atoms with van der Waals surface area (Å²) in [6.45, 7) is 2.11. The van der Waals surface area contributed by atoms with Crippen LogP contribution in [0, 0.1) is 18.3 Å². The van der Waals surface area contributed by atoms with E-state index >= 15 is 0 Å². The van der Waals surface area contributed by atoms with Gasteiger partial charge in [-0.25, -0.2) is 0 Å². The summed E-state index contributed by atoms with van der Waals surface area (Å²) in [6, 6.07) is 4.65. The third kappa shape index (κ3) is 2.55. The minimum absolute atomic E-state index is 0.347. The highest BCUT2D eigenvalue weighted by Gasteiger charge is 2.11. The van der Waals surface area contributed by atoms with E-state index in [0.717, 1.165) is 6.42 Å². The Kier molecular flexibility index (Phi) is 3.94. The Labute approximate surface area is 83.2 Å². The van der Waals surface area contributed by atoms with Gasteiger partial charge in [0.15, 0.2) is 0 Å². The molecule has 0 saturated carbocycles. The van der Waals surface area contributed by atoms with Crippen LogP contribution < -0.4 is 5.32 Å². The molecule has 1 unspecified atom stereocenters. The molecule has 2 nitrogen and oxygen atoms in total. The van der Waals surface area contributed by atoms with Crippen molar-refractivity contribution in [1.29, 1.82) is 5.26 Å². The van der Waals surface area contributed by atoms with E-state index in [1.54, 1.807) is 11.3 Å². The molecule has 0 aliphatic heterocycles. The second-order valence-electron chi connectivity index (χ2n) is 3.01. The van der Waals surface area contributed by atoms with E-state index in [2.05, 4.69) is 29.8 Å². The average molecular weight is 194 g/mol. The highest BCUT2D eigenvalue weighted by molar-refractivity contribution is 7.10. The highest BCUT2D eigenvalue weighted by Crippen LogP contribution is 2.26. The SMILES string of the molecule is CNC(CCC#N)c1sccc1C. The van der Waals surface area contributed by atoms with Gasteiger partial charge in [-0.2, -0.15) is 5.26 Å². The van der Waals surface area contributed by atoms with Gasteiger partial charge in [0.05, 0.1) is 6.07 Å². The number of nitrogens with zero attached hydrogens (tertiary/aromatic N) is 1. The first-order valence-corrected chi connectivity index (χ1v) is 5.25. The Hall–Kier alpha value is -0.850. The smallest absolute Gasteiger partial charge is 0.0622 e. The first kappa shape index (κ1) is 10.2. The second-order valence-corrected chi connectivity index (χ2v) is 3.95. The lowest BCUT2D eigenvalue weighted by Gasteiger charge is -2.13. The summed E-state index contributed by atoms with van der Waals surface area (Å²) in [5, 5.41) is 13.8. The number of nitriles is 1. The molecule has 1 atom stereocenters. The average Bonchev–Trinajstić information content (AvgIpc) is 2.54. The van der Waals surface area contributed by atoms with Crippen molar-refractivity contribution in [3.8, 4) is 6.07 Å². The van der Waals surface area contributed by atoms with Gasteiger partial charge in [0.25, 0.3) is 0 Å². The zero-order chi connectivity index (χ0) is 9.68. The summed E-state index contributed by atoms with van der Waals surface area (Å²) < 4.78 is 0. The van der Waals surface area contributed by atoms with Crippen LogP contribution in [0.3, 0.4) is 0 Å². The van der Waals surface area contributed by atoms with Gasteiger partial charge in [-0.3, -0.25) is 0 Å². The van der Waals surface area contributed by atoms with E-state index in [4.69, 9.17) is 5.26 Å². The van der Waals surface area contributed by atoms with Crippen molar-refractivity contribution in [3.05, 3.63) is 21.9 Å². The Bertz CT molecular complexity index is 298. The Morgan fingerprint density at radius 2 is 2.46 bits per heavy atom. The first-order chi connectivity index (χ1) is 6.29. The van der Waals surface area contributed by atoms with E-state index < -0.39 is 0 Å². The van der Waals surface area contributed by atoms with E-state index in [9.17, 15) is 0 Å². The molecular formula is C10H14N2S. The lowest BCUT2D eigenvalue weighted by atomic mass is 10.1. The second kappa shape index (κ2) is 5.00. The fourth-order valence-corrected chi connectivity index (χ4v) is 2.43. The van der Waals surface area contributed by atoms with E-state index in [-0.39, 0.29) is 0 Å². The molecule has 0 aliphatic rings. The van der Waals surface area contributed by atoms with Gasteiger partial charge in [0.2, 0.25) is 0 Å². The molecule has 0 aliphatic carbocycles. The predicted molar refractivity (Wildman–Crippen MR) is 55.7 cm³/mol. The maximum atomic E-state index is 8.50. The van der Waals surface area contributed by atoms with Crippen molar-refractivity contribution in [2.45, 2.75) is 25.8 Å². The molecule has 1 N–H and O–H groups in total. The van der Waals surface area contributed by atoms with Crippen LogP contribution in [-0.4, -0.2) is 7.05 Å². The van der Waals surface area contributed by atoms with Gasteiger partial charge in [-0.15, -0.1) is 11.3 Å². The third-order valence-corrected chi connectivity index (χ3v) is 3.24. The Morgan fingerprint density at radius 3 is 2.92 bits per heavy atom. The normalized spacial score (nSPS) is 12.4. The highest BCUT2D eigenvalue weighted by atomic mass is 32.1. The van der Waals surface area contributed by atoms with Crippen molar-refractivity contribution in [2.24, 2.45) is 0 Å². The number of nitrogens with one attached hydrogen (secondary N) is 1. The van der Waals surface area contributed by atoms with Gasteiger partial charge >= 0.3 is 0 Å². The molecular weight excluding hydrogens is 180 g/mol. The molecule has 0 bridgehead atoms. The summed E-state index contributed by atoms with van der Waals surface area (Å²) in [4.78, 5) is 1.36. The quantitative estimate of drug-likeness (QED) is 0.799. The molecule has 70 valence electrons. The number of hydrogen-bond acceptors (Lipinski definition) is 3. The van der Waals surface area contributed by atoms with Crippen molar-refractivity contribution in [1.82, 2.24) is 5.32 Å². The summed E-state index contributed by atoms with van der Waals surface area (Å²) in [7, 11) is 1.95. The fraction of sp³-hybridized carbons (Fsp3) is 0.500.